The third-order valence-electron chi connectivity index (χ3n) is 2.00. The number of carbonyl (C=O) groups is 1. The lowest BCUT2D eigenvalue weighted by molar-refractivity contribution is 0.0593. The van der Waals surface area contributed by atoms with E-state index >= 15 is 0 Å². The molecule has 0 aliphatic heterocycles. The van der Waals surface area contributed by atoms with E-state index in [1.165, 1.54) is 7.11 Å². The second-order valence-electron chi connectivity index (χ2n) is 3.05. The van der Waals surface area contributed by atoms with Gasteiger partial charge in [-0.25, -0.2) is 4.79 Å². The van der Waals surface area contributed by atoms with Crippen LogP contribution in [0.4, 0.5) is 5.69 Å². The van der Waals surface area contributed by atoms with Gasteiger partial charge in [0.15, 0.2) is 0 Å². The zero-order valence-electron chi connectivity index (χ0n) is 8.95. The van der Waals surface area contributed by atoms with E-state index in [1.807, 2.05) is 6.92 Å². The van der Waals surface area contributed by atoms with Gasteiger partial charge in [-0.05, 0) is 24.6 Å². The lowest BCUT2D eigenvalue weighted by Crippen LogP contribution is -2.07. The monoisotopic (exact) mass is 209 g/mol. The number of rotatable bonds is 4. The Bertz CT molecular complexity index is 350. The van der Waals surface area contributed by atoms with Crippen molar-refractivity contribution >= 4 is 11.7 Å². The first-order valence-electron chi connectivity index (χ1n) is 4.73. The summed E-state index contributed by atoms with van der Waals surface area (Å²) >= 11 is 0. The molecule has 15 heavy (non-hydrogen) atoms. The topological polar surface area (TPSA) is 61.5 Å². The van der Waals surface area contributed by atoms with E-state index in [2.05, 4.69) is 4.74 Å². The number of benzene rings is 1. The molecule has 0 radical (unpaired) electrons. The molecule has 0 bridgehead atoms. The highest BCUT2D eigenvalue weighted by atomic mass is 16.5. The smallest absolute Gasteiger partial charge is 0.338 e. The number of hydrogen-bond donors (Lipinski definition) is 1. The lowest BCUT2D eigenvalue weighted by Gasteiger charge is -2.08. The summed E-state index contributed by atoms with van der Waals surface area (Å²) in [7, 11) is 1.34. The van der Waals surface area contributed by atoms with Crippen LogP contribution in [0, 0.1) is 0 Å². The van der Waals surface area contributed by atoms with E-state index in [9.17, 15) is 4.79 Å². The van der Waals surface area contributed by atoms with Crippen LogP contribution >= 0.6 is 0 Å². The van der Waals surface area contributed by atoms with E-state index in [4.69, 9.17) is 10.5 Å². The van der Waals surface area contributed by atoms with Gasteiger partial charge < -0.3 is 15.2 Å². The maximum Gasteiger partial charge on any atom is 0.338 e. The first-order chi connectivity index (χ1) is 7.19. The predicted octanol–water partition coefficient (Wildman–Crippen LogP) is 1.59. The van der Waals surface area contributed by atoms with Crippen LogP contribution in [-0.2, 0) is 16.1 Å². The van der Waals surface area contributed by atoms with Gasteiger partial charge >= 0.3 is 5.97 Å². The molecule has 0 aliphatic carbocycles. The largest absolute Gasteiger partial charge is 0.465 e. The third kappa shape index (κ3) is 2.95. The van der Waals surface area contributed by atoms with E-state index in [0.717, 1.165) is 5.56 Å². The summed E-state index contributed by atoms with van der Waals surface area (Å²) in [5.74, 6) is -0.392. The van der Waals surface area contributed by atoms with Crippen LogP contribution in [0.3, 0.4) is 0 Å². The van der Waals surface area contributed by atoms with Gasteiger partial charge in [0.25, 0.3) is 0 Å². The molecule has 1 aromatic rings. The highest BCUT2D eigenvalue weighted by molar-refractivity contribution is 5.92. The van der Waals surface area contributed by atoms with Crippen LogP contribution in [0.5, 0.6) is 0 Å². The summed E-state index contributed by atoms with van der Waals surface area (Å²) in [4.78, 5) is 11.4. The molecule has 0 aliphatic rings. The highest BCUT2D eigenvalue weighted by Gasteiger charge is 2.11. The van der Waals surface area contributed by atoms with Crippen LogP contribution in [0.2, 0.25) is 0 Å². The fourth-order valence-corrected chi connectivity index (χ4v) is 1.23. The van der Waals surface area contributed by atoms with Crippen molar-refractivity contribution in [2.45, 2.75) is 13.5 Å². The SMILES string of the molecule is CCOCc1ccc(N)cc1C(=O)OC. The number of nitrogen functional groups attached to an aromatic ring is 1. The maximum absolute atomic E-state index is 11.4. The molecule has 82 valence electrons. The number of anilines is 1. The first-order valence-corrected chi connectivity index (χ1v) is 4.73. The molecule has 2 N–H and O–H groups in total. The average Bonchev–Trinajstić information content (AvgIpc) is 2.26. The van der Waals surface area contributed by atoms with Crippen LogP contribution in [0.25, 0.3) is 0 Å². The van der Waals surface area contributed by atoms with Gasteiger partial charge in [0.2, 0.25) is 0 Å². The molecule has 0 aromatic heterocycles. The van der Waals surface area contributed by atoms with Crippen molar-refractivity contribution in [2.75, 3.05) is 19.5 Å². The normalized spacial score (nSPS) is 10.0. The Balaban J connectivity index is 2.97. The fraction of sp³-hybridized carbons (Fsp3) is 0.364. The zero-order chi connectivity index (χ0) is 11.3. The number of carbonyl (C=O) groups excluding carboxylic acids is 1. The summed E-state index contributed by atoms with van der Waals surface area (Å²) in [6.07, 6.45) is 0. The molecule has 0 heterocycles. The van der Waals surface area contributed by atoms with Crippen LogP contribution in [0.1, 0.15) is 22.8 Å². The van der Waals surface area contributed by atoms with E-state index in [1.54, 1.807) is 18.2 Å². The third-order valence-corrected chi connectivity index (χ3v) is 2.00. The van der Waals surface area contributed by atoms with Crippen molar-refractivity contribution in [3.05, 3.63) is 29.3 Å². The Hall–Kier alpha value is -1.55. The molecule has 4 heteroatoms. The van der Waals surface area contributed by atoms with Crippen molar-refractivity contribution in [1.29, 1.82) is 0 Å². The van der Waals surface area contributed by atoms with Crippen molar-refractivity contribution in [2.24, 2.45) is 0 Å². The van der Waals surface area contributed by atoms with Crippen molar-refractivity contribution in [3.63, 3.8) is 0 Å². The van der Waals surface area contributed by atoms with Crippen LogP contribution in [0.15, 0.2) is 18.2 Å². The number of ether oxygens (including phenoxy) is 2. The molecule has 0 spiro atoms. The Morgan fingerprint density at radius 3 is 2.80 bits per heavy atom. The van der Waals surface area contributed by atoms with Crippen molar-refractivity contribution < 1.29 is 14.3 Å². The van der Waals surface area contributed by atoms with E-state index in [0.29, 0.717) is 24.5 Å². The summed E-state index contributed by atoms with van der Waals surface area (Å²) < 4.78 is 9.91. The predicted molar refractivity (Wildman–Crippen MR) is 57.5 cm³/mol. The first kappa shape index (κ1) is 11.5. The molecule has 0 fully saturated rings. The Morgan fingerprint density at radius 1 is 1.47 bits per heavy atom. The van der Waals surface area contributed by atoms with Gasteiger partial charge in [-0.2, -0.15) is 0 Å². The molecule has 1 aromatic carbocycles. The molecular formula is C11H15NO3. The molecule has 0 saturated heterocycles. The Labute approximate surface area is 89.0 Å². The standard InChI is InChI=1S/C11H15NO3/c1-3-15-7-8-4-5-9(12)6-10(8)11(13)14-2/h4-6H,3,7,12H2,1-2H3. The average molecular weight is 209 g/mol. The number of nitrogens with two attached hydrogens (primary N) is 1. The number of esters is 1. The molecule has 0 unspecified atom stereocenters. The van der Waals surface area contributed by atoms with E-state index in [-0.39, 0.29) is 0 Å². The minimum absolute atomic E-state index is 0.390. The molecule has 0 atom stereocenters. The zero-order valence-corrected chi connectivity index (χ0v) is 8.95. The molecule has 4 nitrogen and oxygen atoms in total. The van der Waals surface area contributed by atoms with Crippen LogP contribution < -0.4 is 5.73 Å². The van der Waals surface area contributed by atoms with Gasteiger partial charge in [0.05, 0.1) is 19.3 Å². The number of hydrogen-bond acceptors (Lipinski definition) is 4. The highest BCUT2D eigenvalue weighted by Crippen LogP contribution is 2.15. The van der Waals surface area contributed by atoms with Crippen molar-refractivity contribution in [1.82, 2.24) is 0 Å². The van der Waals surface area contributed by atoms with E-state index < -0.39 is 5.97 Å². The second-order valence-corrected chi connectivity index (χ2v) is 3.05. The lowest BCUT2D eigenvalue weighted by atomic mass is 10.1. The Morgan fingerprint density at radius 2 is 2.20 bits per heavy atom. The van der Waals surface area contributed by atoms with Crippen LogP contribution in [-0.4, -0.2) is 19.7 Å². The van der Waals surface area contributed by atoms with Gasteiger partial charge in [-0.15, -0.1) is 0 Å². The summed E-state index contributed by atoms with van der Waals surface area (Å²) in [5.41, 5.74) is 7.39. The van der Waals surface area contributed by atoms with Gasteiger partial charge in [0, 0.05) is 12.3 Å². The maximum atomic E-state index is 11.4. The minimum atomic E-state index is -0.392. The molecule has 1 rings (SSSR count). The summed E-state index contributed by atoms with van der Waals surface area (Å²) in [5, 5.41) is 0. The number of methoxy groups -OCH3 is 1. The second kappa shape index (κ2) is 5.36. The summed E-state index contributed by atoms with van der Waals surface area (Å²) in [6.45, 7) is 2.89. The molecular weight excluding hydrogens is 194 g/mol. The van der Waals surface area contributed by atoms with Gasteiger partial charge in [0.1, 0.15) is 0 Å². The Kier molecular flexibility index (Phi) is 4.12. The minimum Gasteiger partial charge on any atom is -0.465 e. The van der Waals surface area contributed by atoms with Gasteiger partial charge in [-0.1, -0.05) is 6.07 Å². The quantitative estimate of drug-likeness (QED) is 0.604. The van der Waals surface area contributed by atoms with Gasteiger partial charge in [-0.3, -0.25) is 0 Å². The molecule has 0 saturated carbocycles. The molecule has 0 amide bonds. The van der Waals surface area contributed by atoms with Crippen molar-refractivity contribution in [3.8, 4) is 0 Å². The summed E-state index contributed by atoms with van der Waals surface area (Å²) in [6, 6.07) is 5.11. The fourth-order valence-electron chi connectivity index (χ4n) is 1.23.